The fourth-order valence-electron chi connectivity index (χ4n) is 5.27. The molecule has 2 heterocycles. The third kappa shape index (κ3) is 7.55. The van der Waals surface area contributed by atoms with Crippen LogP contribution in [0.15, 0.2) is 60.5 Å². The highest BCUT2D eigenvalue weighted by Crippen LogP contribution is 2.38. The number of benzene rings is 2. The highest BCUT2D eigenvalue weighted by Gasteiger charge is 2.52. The maximum absolute atomic E-state index is 14.2. The molecule has 2 aromatic carbocycles. The summed E-state index contributed by atoms with van der Waals surface area (Å²) in [4.78, 5) is 42.8. The Labute approximate surface area is 261 Å². The van der Waals surface area contributed by atoms with Crippen molar-refractivity contribution in [3.05, 3.63) is 77.7 Å². The van der Waals surface area contributed by atoms with E-state index in [0.717, 1.165) is 33.2 Å². The van der Waals surface area contributed by atoms with Gasteiger partial charge in [-0.05, 0) is 36.5 Å². The minimum absolute atomic E-state index is 0.0198. The average molecular weight is 649 g/mol. The Bertz CT molecular complexity index is 1580. The lowest BCUT2D eigenvalue weighted by Crippen LogP contribution is -2.59. The van der Waals surface area contributed by atoms with Gasteiger partial charge in [-0.3, -0.25) is 18.8 Å². The van der Waals surface area contributed by atoms with Gasteiger partial charge in [0, 0.05) is 19.7 Å². The van der Waals surface area contributed by atoms with Crippen LogP contribution < -0.4 is 10.1 Å². The molecule has 4 unspecified atom stereocenters. The topological polar surface area (TPSA) is 126 Å². The number of sulfonamides is 1. The van der Waals surface area contributed by atoms with Crippen LogP contribution >= 0.6 is 0 Å². The number of fused-ring (bicyclic) bond motifs is 1. The van der Waals surface area contributed by atoms with Crippen LogP contribution in [0.4, 0.5) is 13.6 Å². The van der Waals surface area contributed by atoms with Crippen LogP contribution in [-0.2, 0) is 31.0 Å². The van der Waals surface area contributed by atoms with E-state index in [1.165, 1.54) is 31.1 Å². The summed E-state index contributed by atoms with van der Waals surface area (Å²) in [6.45, 7) is 6.95. The molecule has 4 rings (SSSR count). The van der Waals surface area contributed by atoms with Crippen molar-refractivity contribution in [2.75, 3.05) is 19.8 Å². The molecule has 0 saturated carbocycles. The molecule has 1 fully saturated rings. The number of likely N-dealkylation sites (tertiary alicyclic amines) is 1. The van der Waals surface area contributed by atoms with Crippen LogP contribution in [0.3, 0.4) is 0 Å². The van der Waals surface area contributed by atoms with Crippen LogP contribution in [0.25, 0.3) is 0 Å². The molecule has 2 aliphatic rings. The number of carbonyl (C=O) groups excluding carboxylic acids is 3. The van der Waals surface area contributed by atoms with E-state index in [1.54, 1.807) is 32.9 Å². The molecule has 4 atom stereocenters. The number of hydrogen-bond donors (Lipinski definition) is 1. The predicted octanol–water partition coefficient (Wildman–Crippen LogP) is 3.62. The van der Waals surface area contributed by atoms with E-state index in [9.17, 15) is 31.6 Å². The van der Waals surface area contributed by atoms with Gasteiger partial charge in [0.15, 0.2) is 11.6 Å². The van der Waals surface area contributed by atoms with Crippen molar-refractivity contribution in [1.29, 1.82) is 0 Å². The fourth-order valence-corrected chi connectivity index (χ4v) is 6.28. The van der Waals surface area contributed by atoms with E-state index in [-0.39, 0.29) is 31.1 Å². The Kier molecular flexibility index (Phi) is 9.76. The van der Waals surface area contributed by atoms with E-state index >= 15 is 0 Å². The first-order chi connectivity index (χ1) is 21.0. The summed E-state index contributed by atoms with van der Waals surface area (Å²) in [5.41, 5.74) is -0.0290. The van der Waals surface area contributed by atoms with Crippen molar-refractivity contribution in [3.8, 4) is 5.75 Å². The van der Waals surface area contributed by atoms with Crippen LogP contribution in [0.5, 0.6) is 5.75 Å². The summed E-state index contributed by atoms with van der Waals surface area (Å²) in [6, 6.07) is 8.28. The minimum atomic E-state index is -3.78. The van der Waals surface area contributed by atoms with E-state index in [1.807, 2.05) is 18.2 Å². The zero-order chi connectivity index (χ0) is 33.3. The molecule has 2 aromatic rings. The van der Waals surface area contributed by atoms with Gasteiger partial charge < -0.3 is 19.7 Å². The summed E-state index contributed by atoms with van der Waals surface area (Å²) >= 11 is 0. The molecule has 45 heavy (non-hydrogen) atoms. The number of nitrogens with one attached hydrogen (secondary N) is 1. The molecule has 0 aliphatic carbocycles. The highest BCUT2D eigenvalue weighted by molar-refractivity contribution is 7.88. The number of rotatable bonds is 9. The second-order valence-corrected chi connectivity index (χ2v) is 14.2. The lowest BCUT2D eigenvalue weighted by molar-refractivity contribution is -0.141. The van der Waals surface area contributed by atoms with Crippen molar-refractivity contribution in [2.24, 2.45) is 5.41 Å². The first-order valence-corrected chi connectivity index (χ1v) is 16.2. The summed E-state index contributed by atoms with van der Waals surface area (Å²) < 4.78 is 65.0. The molecule has 14 heteroatoms. The van der Waals surface area contributed by atoms with E-state index in [4.69, 9.17) is 9.47 Å². The molecule has 1 N–H and O–H groups in total. The normalized spacial score (nSPS) is 19.3. The molecule has 11 nitrogen and oxygen atoms in total. The van der Waals surface area contributed by atoms with Gasteiger partial charge >= 0.3 is 6.09 Å². The molecular formula is C31H38F2N4O7S. The number of hydrogen-bond acceptors (Lipinski definition) is 7. The second-order valence-electron chi connectivity index (χ2n) is 12.3. The van der Waals surface area contributed by atoms with Gasteiger partial charge in [-0.15, -0.1) is 0 Å². The molecule has 0 radical (unpaired) electrons. The van der Waals surface area contributed by atoms with Gasteiger partial charge in [-0.25, -0.2) is 22.0 Å². The maximum atomic E-state index is 14.2. The largest absolute Gasteiger partial charge is 0.458 e. The molecule has 3 amide bonds. The minimum Gasteiger partial charge on any atom is -0.458 e. The van der Waals surface area contributed by atoms with Crippen molar-refractivity contribution in [3.63, 3.8) is 0 Å². The first kappa shape index (κ1) is 33.7. The molecule has 0 spiro atoms. The summed E-state index contributed by atoms with van der Waals surface area (Å²) in [7, 11) is -2.36. The number of amides is 3. The molecule has 0 aromatic heterocycles. The smallest absolute Gasteiger partial charge is 0.410 e. The lowest BCUT2D eigenvalue weighted by Gasteiger charge is -2.37. The van der Waals surface area contributed by atoms with E-state index in [2.05, 4.69) is 5.32 Å². The van der Waals surface area contributed by atoms with Gasteiger partial charge in [0.2, 0.25) is 21.8 Å². The van der Waals surface area contributed by atoms with Crippen LogP contribution in [0.2, 0.25) is 0 Å². The Morgan fingerprint density at radius 3 is 2.36 bits per heavy atom. The quantitative estimate of drug-likeness (QED) is 0.441. The predicted molar refractivity (Wildman–Crippen MR) is 161 cm³/mol. The van der Waals surface area contributed by atoms with Crippen molar-refractivity contribution < 1.29 is 41.1 Å². The Morgan fingerprint density at radius 2 is 1.76 bits per heavy atom. The third-order valence-corrected chi connectivity index (χ3v) is 9.03. The summed E-state index contributed by atoms with van der Waals surface area (Å²) in [5, 5.41) is 2.78. The monoisotopic (exact) mass is 648 g/mol. The van der Waals surface area contributed by atoms with Gasteiger partial charge in [0.25, 0.3) is 0 Å². The standard InChI is InChI=1S/C31H38F2N4O7S/c1-19(35(5)30(40)43-18-20-10-8-7-9-11-20)28(38)34-27(31(2,3)4)29(39)36-15-14-24-26(36)25(17-37(24)45(6,41)42)44-21-12-13-22(32)23(33)16-21/h7-13,16-17,19,24,26-27H,14-15,18H2,1-6H3,(H,34,38). The molecule has 0 bridgehead atoms. The third-order valence-electron chi connectivity index (χ3n) is 7.88. The van der Waals surface area contributed by atoms with Gasteiger partial charge in [0.1, 0.15) is 36.2 Å². The molecule has 1 saturated heterocycles. The fraction of sp³-hybridized carbons (Fsp3) is 0.452. The van der Waals surface area contributed by atoms with E-state index < -0.39 is 69.1 Å². The van der Waals surface area contributed by atoms with Crippen LogP contribution in [-0.4, -0.2) is 84.4 Å². The zero-order valence-corrected chi connectivity index (χ0v) is 26.8. The van der Waals surface area contributed by atoms with Crippen molar-refractivity contribution in [1.82, 2.24) is 19.4 Å². The summed E-state index contributed by atoms with van der Waals surface area (Å²) in [5.74, 6) is -3.36. The molecule has 2 aliphatic heterocycles. The SMILES string of the molecule is CC(C(=O)NC(C(=O)N1CCC2C1C(Oc1ccc(F)c(F)c1)=CN2S(C)(=O)=O)C(C)(C)C)N(C)C(=O)OCc1ccccc1. The summed E-state index contributed by atoms with van der Waals surface area (Å²) in [6.07, 6.45) is 1.81. The number of carbonyl (C=O) groups is 3. The average Bonchev–Trinajstić information content (AvgIpc) is 3.56. The number of halogens is 2. The van der Waals surface area contributed by atoms with Gasteiger partial charge in [-0.1, -0.05) is 51.1 Å². The van der Waals surface area contributed by atoms with Crippen molar-refractivity contribution in [2.45, 2.75) is 64.9 Å². The van der Waals surface area contributed by atoms with Crippen LogP contribution in [0.1, 0.15) is 39.7 Å². The number of ether oxygens (including phenoxy) is 2. The molecule has 244 valence electrons. The van der Waals surface area contributed by atoms with Gasteiger partial charge in [0.05, 0.1) is 18.5 Å². The lowest BCUT2D eigenvalue weighted by atomic mass is 9.85. The van der Waals surface area contributed by atoms with E-state index in [0.29, 0.717) is 0 Å². The Morgan fingerprint density at radius 1 is 1.09 bits per heavy atom. The first-order valence-electron chi connectivity index (χ1n) is 14.4. The zero-order valence-electron chi connectivity index (χ0n) is 26.0. The Hall–Kier alpha value is -4.20. The molecular weight excluding hydrogens is 610 g/mol. The Balaban J connectivity index is 1.52. The van der Waals surface area contributed by atoms with Crippen molar-refractivity contribution >= 4 is 27.9 Å². The highest BCUT2D eigenvalue weighted by atomic mass is 32.2. The number of nitrogens with zero attached hydrogens (tertiary/aromatic N) is 3. The second kappa shape index (κ2) is 13.0. The number of likely N-dealkylation sites (N-methyl/N-ethyl adjacent to an activating group) is 1. The van der Waals surface area contributed by atoms with Crippen LogP contribution in [0, 0.1) is 17.0 Å². The van der Waals surface area contributed by atoms with Gasteiger partial charge in [-0.2, -0.15) is 0 Å². The maximum Gasteiger partial charge on any atom is 0.410 e.